The Morgan fingerprint density at radius 3 is 2.09 bits per heavy atom. The van der Waals surface area contributed by atoms with Crippen LogP contribution >= 0.6 is 0 Å². The highest BCUT2D eigenvalue weighted by Crippen LogP contribution is 2.01. The fourth-order valence-electron chi connectivity index (χ4n) is 0.749. The molecule has 1 nitrogen and oxygen atoms in total. The fourth-order valence-corrected chi connectivity index (χ4v) is 0.749. The third-order valence-electron chi connectivity index (χ3n) is 1.34. The highest BCUT2D eigenvalue weighted by Gasteiger charge is 1.87. The highest BCUT2D eigenvalue weighted by molar-refractivity contribution is 5.78. The zero-order valence-electron chi connectivity index (χ0n) is 7.39. The lowest BCUT2D eigenvalue weighted by molar-refractivity contribution is 1.43. The van der Waals surface area contributed by atoms with Gasteiger partial charge in [0.1, 0.15) is 0 Å². The maximum Gasteiger partial charge on any atom is 0.0252 e. The summed E-state index contributed by atoms with van der Waals surface area (Å²) in [6.07, 6.45) is 1.37. The summed E-state index contributed by atoms with van der Waals surface area (Å²) in [4.78, 5) is 0. The number of hydrogen-bond donors (Lipinski definition) is 1. The first-order chi connectivity index (χ1) is 5.34. The van der Waals surface area contributed by atoms with Gasteiger partial charge in [-0.2, -0.15) is 0 Å². The molecule has 60 valence electrons. The Balaban J connectivity index is 0.000000461. The van der Waals surface area contributed by atoms with Gasteiger partial charge in [0, 0.05) is 6.21 Å². The van der Waals surface area contributed by atoms with Gasteiger partial charge < -0.3 is 5.41 Å². The van der Waals surface area contributed by atoms with Crippen molar-refractivity contribution in [1.29, 1.82) is 5.41 Å². The van der Waals surface area contributed by atoms with E-state index >= 15 is 0 Å². The van der Waals surface area contributed by atoms with Crippen molar-refractivity contribution in [2.24, 2.45) is 0 Å². The molecule has 1 N–H and O–H groups in total. The van der Waals surface area contributed by atoms with Crippen LogP contribution in [0.5, 0.6) is 0 Å². The summed E-state index contributed by atoms with van der Waals surface area (Å²) in [6, 6.07) is 7.85. The van der Waals surface area contributed by atoms with E-state index in [0.29, 0.717) is 0 Å². The predicted molar refractivity (Wildman–Crippen MR) is 50.4 cm³/mol. The topological polar surface area (TPSA) is 23.9 Å². The molecule has 0 bridgehead atoms. The molecule has 0 unspecified atom stereocenters. The third-order valence-corrected chi connectivity index (χ3v) is 1.34. The second-order valence-corrected chi connectivity index (χ2v) is 2.00. The van der Waals surface area contributed by atoms with Gasteiger partial charge in [-0.15, -0.1) is 0 Å². The molecule has 0 saturated heterocycles. The summed E-state index contributed by atoms with van der Waals surface area (Å²) < 4.78 is 0. The van der Waals surface area contributed by atoms with Gasteiger partial charge in [0.05, 0.1) is 0 Å². The van der Waals surface area contributed by atoms with Crippen LogP contribution in [-0.4, -0.2) is 6.21 Å². The normalized spacial score (nSPS) is 7.91. The maximum absolute atomic E-state index is 6.96. The van der Waals surface area contributed by atoms with Crippen molar-refractivity contribution >= 4 is 6.21 Å². The zero-order valence-corrected chi connectivity index (χ0v) is 7.39. The second kappa shape index (κ2) is 5.66. The Labute approximate surface area is 68.6 Å². The van der Waals surface area contributed by atoms with Crippen LogP contribution in [-0.2, 0) is 0 Å². The van der Waals surface area contributed by atoms with Gasteiger partial charge in [-0.1, -0.05) is 38.1 Å². The van der Waals surface area contributed by atoms with Crippen LogP contribution in [0.1, 0.15) is 25.0 Å². The molecule has 0 aliphatic rings. The smallest absolute Gasteiger partial charge is 0.0252 e. The van der Waals surface area contributed by atoms with E-state index in [1.165, 1.54) is 6.21 Å². The lowest BCUT2D eigenvalue weighted by Crippen LogP contribution is -1.82. The molecule has 0 radical (unpaired) electrons. The van der Waals surface area contributed by atoms with E-state index in [0.717, 1.165) is 11.1 Å². The first-order valence-electron chi connectivity index (χ1n) is 3.90. The van der Waals surface area contributed by atoms with Crippen molar-refractivity contribution in [3.8, 4) is 0 Å². The summed E-state index contributed by atoms with van der Waals surface area (Å²) >= 11 is 0. The van der Waals surface area contributed by atoms with E-state index in [1.807, 2.05) is 45.0 Å². The second-order valence-electron chi connectivity index (χ2n) is 2.00. The van der Waals surface area contributed by atoms with E-state index in [-0.39, 0.29) is 0 Å². The molecule has 0 fully saturated rings. The highest BCUT2D eigenvalue weighted by atomic mass is 14.3. The lowest BCUT2D eigenvalue weighted by Gasteiger charge is -1.94. The molecule has 1 rings (SSSR count). The third kappa shape index (κ3) is 2.99. The van der Waals surface area contributed by atoms with Crippen LogP contribution in [0.4, 0.5) is 0 Å². The SMILES string of the molecule is CC.Cc1ccccc1C=N. The van der Waals surface area contributed by atoms with Crippen molar-refractivity contribution in [2.75, 3.05) is 0 Å². The lowest BCUT2D eigenvalue weighted by atomic mass is 10.1. The molecule has 0 saturated carbocycles. The minimum Gasteiger partial charge on any atom is -0.308 e. The van der Waals surface area contributed by atoms with Gasteiger partial charge in [0.2, 0.25) is 0 Å². The van der Waals surface area contributed by atoms with Gasteiger partial charge in [-0.05, 0) is 18.1 Å². The molecule has 0 heterocycles. The molecule has 11 heavy (non-hydrogen) atoms. The summed E-state index contributed by atoms with van der Waals surface area (Å²) in [7, 11) is 0. The molecular weight excluding hydrogens is 134 g/mol. The Hall–Kier alpha value is -1.11. The van der Waals surface area contributed by atoms with E-state index in [9.17, 15) is 0 Å². The fraction of sp³-hybridized carbons (Fsp3) is 0.300. The van der Waals surface area contributed by atoms with Crippen molar-refractivity contribution in [2.45, 2.75) is 20.8 Å². The molecule has 0 amide bonds. The first kappa shape index (κ1) is 9.89. The average Bonchev–Trinajstić information content (AvgIpc) is 2.09. The molecule has 0 atom stereocenters. The Kier molecular flexibility index (Phi) is 5.09. The molecule has 0 spiro atoms. The van der Waals surface area contributed by atoms with Gasteiger partial charge in [-0.25, -0.2) is 0 Å². The molecule has 1 aromatic carbocycles. The summed E-state index contributed by atoms with van der Waals surface area (Å²) in [5, 5.41) is 6.96. The van der Waals surface area contributed by atoms with E-state index < -0.39 is 0 Å². The first-order valence-corrected chi connectivity index (χ1v) is 3.90. The molecule has 1 heteroatoms. The van der Waals surface area contributed by atoms with Crippen LogP contribution in [0.3, 0.4) is 0 Å². The van der Waals surface area contributed by atoms with Crippen LogP contribution in [0.2, 0.25) is 0 Å². The van der Waals surface area contributed by atoms with Gasteiger partial charge in [0.15, 0.2) is 0 Å². The Bertz CT molecular complexity index is 216. The zero-order chi connectivity index (χ0) is 8.69. The van der Waals surface area contributed by atoms with Gasteiger partial charge >= 0.3 is 0 Å². The van der Waals surface area contributed by atoms with Crippen LogP contribution in [0.25, 0.3) is 0 Å². The van der Waals surface area contributed by atoms with Crippen molar-refractivity contribution in [3.05, 3.63) is 35.4 Å². The number of nitrogens with one attached hydrogen (secondary N) is 1. The molecular formula is C10H15N. The molecule has 1 aromatic rings. The minimum atomic E-state index is 0.998. The van der Waals surface area contributed by atoms with E-state index in [1.54, 1.807) is 0 Å². The average molecular weight is 149 g/mol. The Morgan fingerprint density at radius 1 is 1.18 bits per heavy atom. The van der Waals surface area contributed by atoms with Crippen molar-refractivity contribution in [1.82, 2.24) is 0 Å². The van der Waals surface area contributed by atoms with Crippen LogP contribution < -0.4 is 0 Å². The number of hydrogen-bond acceptors (Lipinski definition) is 1. The predicted octanol–water partition coefficient (Wildman–Crippen LogP) is 3.02. The standard InChI is InChI=1S/C8H9N.C2H6/c1-7-4-2-3-5-8(7)6-9;1-2/h2-6,9H,1H3;1-2H3. The van der Waals surface area contributed by atoms with Crippen molar-refractivity contribution < 1.29 is 0 Å². The summed E-state index contributed by atoms with van der Waals surface area (Å²) in [5.74, 6) is 0. The summed E-state index contributed by atoms with van der Waals surface area (Å²) in [6.45, 7) is 6.00. The maximum atomic E-state index is 6.96. The number of aryl methyl sites for hydroxylation is 1. The minimum absolute atomic E-state index is 0.998. The molecule has 0 aromatic heterocycles. The van der Waals surface area contributed by atoms with E-state index in [2.05, 4.69) is 0 Å². The largest absolute Gasteiger partial charge is 0.308 e. The number of rotatable bonds is 1. The van der Waals surface area contributed by atoms with Crippen molar-refractivity contribution in [3.63, 3.8) is 0 Å². The quantitative estimate of drug-likeness (QED) is 0.593. The molecule has 0 aliphatic heterocycles. The van der Waals surface area contributed by atoms with Crippen LogP contribution in [0, 0.1) is 12.3 Å². The summed E-state index contributed by atoms with van der Waals surface area (Å²) in [5.41, 5.74) is 2.16. The van der Waals surface area contributed by atoms with Crippen LogP contribution in [0.15, 0.2) is 24.3 Å². The van der Waals surface area contributed by atoms with Gasteiger partial charge in [0.25, 0.3) is 0 Å². The Morgan fingerprint density at radius 2 is 1.73 bits per heavy atom. The van der Waals surface area contributed by atoms with E-state index in [4.69, 9.17) is 5.41 Å². The molecule has 0 aliphatic carbocycles. The van der Waals surface area contributed by atoms with Gasteiger partial charge in [-0.3, -0.25) is 0 Å². The monoisotopic (exact) mass is 149 g/mol. The number of benzene rings is 1.